The molecule has 0 radical (unpaired) electrons. The first-order valence-electron chi connectivity index (χ1n) is 12.1. The number of hydrogen-bond acceptors (Lipinski definition) is 4. The van der Waals surface area contributed by atoms with Gasteiger partial charge in [0.2, 0.25) is 5.91 Å². The van der Waals surface area contributed by atoms with Crippen LogP contribution in [0.3, 0.4) is 0 Å². The smallest absolute Gasteiger partial charge is 0.237 e. The fraction of sp³-hybridized carbons (Fsp3) is 0.393. The standard InChI is InChI=1S/C28H32F2N2O3/c1-21-12-13-25(35-21)19-32(15-14-22-7-3-2-4-8-22)27(33)20-31(18-24-10-6-16-34-24)17-23-9-5-11-26(29)28(23)30/h2-5,7-9,11-13,24H,6,10,14-20H2,1H3/t24-/m1/s1. The van der Waals surface area contributed by atoms with Crippen LogP contribution in [-0.4, -0.2) is 48.1 Å². The predicted octanol–water partition coefficient (Wildman–Crippen LogP) is 5.12. The zero-order chi connectivity index (χ0) is 24.6. The first-order chi connectivity index (χ1) is 17.0. The van der Waals surface area contributed by atoms with E-state index in [-0.39, 0.29) is 30.7 Å². The van der Waals surface area contributed by atoms with Crippen molar-refractivity contribution in [2.45, 2.75) is 45.4 Å². The Kier molecular flexibility index (Phi) is 8.66. The van der Waals surface area contributed by atoms with Crippen molar-refractivity contribution in [1.82, 2.24) is 9.80 Å². The molecule has 5 nitrogen and oxygen atoms in total. The topological polar surface area (TPSA) is 45.9 Å². The van der Waals surface area contributed by atoms with Crippen molar-refractivity contribution in [2.75, 3.05) is 26.2 Å². The molecule has 2 heterocycles. The van der Waals surface area contributed by atoms with Crippen LogP contribution in [0.2, 0.25) is 0 Å². The van der Waals surface area contributed by atoms with Crippen molar-refractivity contribution in [3.8, 4) is 0 Å². The summed E-state index contributed by atoms with van der Waals surface area (Å²) in [6, 6.07) is 17.9. The number of amides is 1. The molecule has 3 aromatic rings. The number of ether oxygens (including phenoxy) is 1. The molecule has 7 heteroatoms. The van der Waals surface area contributed by atoms with Crippen LogP contribution in [0.4, 0.5) is 8.78 Å². The Hall–Kier alpha value is -3.03. The summed E-state index contributed by atoms with van der Waals surface area (Å²) in [6.45, 7) is 4.10. The van der Waals surface area contributed by atoms with Gasteiger partial charge in [-0.1, -0.05) is 42.5 Å². The number of furan rings is 1. The van der Waals surface area contributed by atoms with Crippen molar-refractivity contribution >= 4 is 5.91 Å². The Labute approximate surface area is 205 Å². The SMILES string of the molecule is Cc1ccc(CN(CCc2ccccc2)C(=O)CN(Cc2cccc(F)c2F)C[C@H]2CCCO2)o1. The Bertz CT molecular complexity index is 1100. The summed E-state index contributed by atoms with van der Waals surface area (Å²) in [5.74, 6) is -0.347. The van der Waals surface area contributed by atoms with E-state index in [2.05, 4.69) is 0 Å². The maximum absolute atomic E-state index is 14.4. The van der Waals surface area contributed by atoms with Gasteiger partial charge in [-0.15, -0.1) is 0 Å². The molecule has 1 aromatic heterocycles. The molecule has 0 N–H and O–H groups in total. The first kappa shape index (κ1) is 25.1. The van der Waals surface area contributed by atoms with Crippen molar-refractivity contribution in [3.63, 3.8) is 0 Å². The second kappa shape index (κ2) is 12.1. The van der Waals surface area contributed by atoms with E-state index in [4.69, 9.17) is 9.15 Å². The lowest BCUT2D eigenvalue weighted by molar-refractivity contribution is -0.133. The second-order valence-corrected chi connectivity index (χ2v) is 9.08. The monoisotopic (exact) mass is 482 g/mol. The molecular formula is C28H32F2N2O3. The number of halogens is 2. The van der Waals surface area contributed by atoms with Gasteiger partial charge in [0.15, 0.2) is 11.6 Å². The van der Waals surface area contributed by atoms with Gasteiger partial charge < -0.3 is 14.1 Å². The highest BCUT2D eigenvalue weighted by Crippen LogP contribution is 2.19. The summed E-state index contributed by atoms with van der Waals surface area (Å²) in [4.78, 5) is 17.2. The van der Waals surface area contributed by atoms with Crippen LogP contribution in [0.1, 0.15) is 35.5 Å². The maximum atomic E-state index is 14.4. The molecule has 4 rings (SSSR count). The van der Waals surface area contributed by atoms with E-state index in [9.17, 15) is 13.6 Å². The van der Waals surface area contributed by atoms with Crippen LogP contribution < -0.4 is 0 Å². The molecule has 1 fully saturated rings. The van der Waals surface area contributed by atoms with E-state index in [1.165, 1.54) is 6.07 Å². The minimum atomic E-state index is -0.886. The van der Waals surface area contributed by atoms with Gasteiger partial charge in [-0.05, 0) is 49.9 Å². The quantitative estimate of drug-likeness (QED) is 0.381. The van der Waals surface area contributed by atoms with Crippen LogP contribution in [0, 0.1) is 18.6 Å². The Morgan fingerprint density at radius 1 is 1.03 bits per heavy atom. The van der Waals surface area contributed by atoms with Gasteiger partial charge in [-0.2, -0.15) is 0 Å². The van der Waals surface area contributed by atoms with E-state index in [0.29, 0.717) is 38.4 Å². The third-order valence-electron chi connectivity index (χ3n) is 6.28. The minimum Gasteiger partial charge on any atom is -0.464 e. The minimum absolute atomic E-state index is 0.0232. The predicted molar refractivity (Wildman–Crippen MR) is 130 cm³/mol. The molecule has 0 aliphatic carbocycles. The van der Waals surface area contributed by atoms with Gasteiger partial charge in [0.1, 0.15) is 11.5 Å². The van der Waals surface area contributed by atoms with E-state index >= 15 is 0 Å². The summed E-state index contributed by atoms with van der Waals surface area (Å²) in [5, 5.41) is 0. The van der Waals surface area contributed by atoms with E-state index in [1.54, 1.807) is 11.0 Å². The van der Waals surface area contributed by atoms with Gasteiger partial charge in [0.25, 0.3) is 0 Å². The van der Waals surface area contributed by atoms with Crippen molar-refractivity contribution in [1.29, 1.82) is 0 Å². The summed E-state index contributed by atoms with van der Waals surface area (Å²) < 4.78 is 39.8. The highest BCUT2D eigenvalue weighted by molar-refractivity contribution is 5.78. The van der Waals surface area contributed by atoms with Crippen LogP contribution in [-0.2, 0) is 29.0 Å². The zero-order valence-electron chi connectivity index (χ0n) is 20.1. The molecule has 1 aliphatic heterocycles. The summed E-state index contributed by atoms with van der Waals surface area (Å²) in [6.07, 6.45) is 2.53. The second-order valence-electron chi connectivity index (χ2n) is 9.08. The third kappa shape index (κ3) is 7.23. The van der Waals surface area contributed by atoms with E-state index < -0.39 is 11.6 Å². The van der Waals surface area contributed by atoms with Crippen LogP contribution in [0.25, 0.3) is 0 Å². The van der Waals surface area contributed by atoms with Gasteiger partial charge in [0.05, 0.1) is 19.2 Å². The lowest BCUT2D eigenvalue weighted by atomic mass is 10.1. The lowest BCUT2D eigenvalue weighted by Gasteiger charge is -2.29. The number of benzene rings is 2. The molecular weight excluding hydrogens is 450 g/mol. The molecule has 0 saturated carbocycles. The molecule has 0 spiro atoms. The summed E-state index contributed by atoms with van der Waals surface area (Å²) in [7, 11) is 0. The van der Waals surface area contributed by atoms with Crippen molar-refractivity contribution < 1.29 is 22.7 Å². The molecule has 1 amide bonds. The van der Waals surface area contributed by atoms with Gasteiger partial charge in [-0.3, -0.25) is 9.69 Å². The Morgan fingerprint density at radius 3 is 2.57 bits per heavy atom. The number of hydrogen-bond donors (Lipinski definition) is 0. The van der Waals surface area contributed by atoms with Gasteiger partial charge in [0, 0.05) is 31.8 Å². The number of nitrogens with zero attached hydrogens (tertiary/aromatic N) is 2. The van der Waals surface area contributed by atoms with Crippen LogP contribution >= 0.6 is 0 Å². The van der Waals surface area contributed by atoms with Crippen LogP contribution in [0.5, 0.6) is 0 Å². The third-order valence-corrected chi connectivity index (χ3v) is 6.28. The zero-order valence-corrected chi connectivity index (χ0v) is 20.1. The van der Waals surface area contributed by atoms with Crippen molar-refractivity contribution in [3.05, 3.63) is 94.9 Å². The van der Waals surface area contributed by atoms with Gasteiger partial charge >= 0.3 is 0 Å². The van der Waals surface area contributed by atoms with Gasteiger partial charge in [-0.25, -0.2) is 8.78 Å². The summed E-state index contributed by atoms with van der Waals surface area (Å²) in [5.41, 5.74) is 1.37. The number of aryl methyl sites for hydroxylation is 1. The molecule has 35 heavy (non-hydrogen) atoms. The lowest BCUT2D eigenvalue weighted by Crippen LogP contribution is -2.43. The summed E-state index contributed by atoms with van der Waals surface area (Å²) >= 11 is 0. The number of rotatable bonds is 11. The highest BCUT2D eigenvalue weighted by atomic mass is 19.2. The molecule has 1 saturated heterocycles. The molecule has 186 valence electrons. The molecule has 1 atom stereocenters. The van der Waals surface area contributed by atoms with Crippen LogP contribution in [0.15, 0.2) is 65.1 Å². The highest BCUT2D eigenvalue weighted by Gasteiger charge is 2.25. The maximum Gasteiger partial charge on any atom is 0.237 e. The number of carbonyl (C=O) groups excluding carboxylic acids is 1. The molecule has 0 unspecified atom stereocenters. The van der Waals surface area contributed by atoms with E-state index in [1.807, 2.05) is 54.3 Å². The van der Waals surface area contributed by atoms with E-state index in [0.717, 1.165) is 30.2 Å². The molecule has 2 aromatic carbocycles. The Balaban J connectivity index is 1.49. The average Bonchev–Trinajstić information content (AvgIpc) is 3.51. The Morgan fingerprint density at radius 2 is 1.86 bits per heavy atom. The average molecular weight is 483 g/mol. The normalized spacial score (nSPS) is 15.6. The fourth-order valence-corrected chi connectivity index (χ4v) is 4.42. The molecule has 0 bridgehead atoms. The largest absolute Gasteiger partial charge is 0.464 e. The van der Waals surface area contributed by atoms with Crippen molar-refractivity contribution in [2.24, 2.45) is 0 Å². The molecule has 1 aliphatic rings. The first-order valence-corrected chi connectivity index (χ1v) is 12.1. The fourth-order valence-electron chi connectivity index (χ4n) is 4.42. The number of carbonyl (C=O) groups is 1.